The highest BCUT2D eigenvalue weighted by atomic mass is 35.5. The number of nitrogens with zero attached hydrogens (tertiary/aromatic N) is 1. The fourth-order valence-electron chi connectivity index (χ4n) is 2.01. The van der Waals surface area contributed by atoms with E-state index in [9.17, 15) is 0 Å². The largest absolute Gasteiger partial charge is 0.358 e. The predicted molar refractivity (Wildman–Crippen MR) is 81.6 cm³/mol. The summed E-state index contributed by atoms with van der Waals surface area (Å²) in [4.78, 5) is 4.56. The maximum Gasteiger partial charge on any atom is 0.157 e. The lowest BCUT2D eigenvalue weighted by Gasteiger charge is -2.15. The molecule has 0 bridgehead atoms. The molecule has 1 aromatic rings. The SMILES string of the molecule is CCCC1CN=C(NC(C)c2cccc(Cl)c2)S1. The van der Waals surface area contributed by atoms with Crippen molar-refractivity contribution in [2.24, 2.45) is 4.99 Å². The Bertz CT molecular complexity index is 434. The van der Waals surface area contributed by atoms with E-state index in [0.717, 1.165) is 16.7 Å². The van der Waals surface area contributed by atoms with E-state index in [2.05, 4.69) is 30.2 Å². The average Bonchev–Trinajstić information content (AvgIpc) is 2.77. The first-order chi connectivity index (χ1) is 8.69. The topological polar surface area (TPSA) is 24.4 Å². The lowest BCUT2D eigenvalue weighted by atomic mass is 10.1. The highest BCUT2D eigenvalue weighted by Crippen LogP contribution is 2.26. The van der Waals surface area contributed by atoms with Crippen molar-refractivity contribution in [2.75, 3.05) is 6.54 Å². The van der Waals surface area contributed by atoms with Crippen LogP contribution in [0.2, 0.25) is 5.02 Å². The summed E-state index contributed by atoms with van der Waals surface area (Å²) in [7, 11) is 0. The Labute approximate surface area is 118 Å². The van der Waals surface area contributed by atoms with Crippen LogP contribution in [0.4, 0.5) is 0 Å². The molecule has 18 heavy (non-hydrogen) atoms. The van der Waals surface area contributed by atoms with E-state index in [1.807, 2.05) is 30.0 Å². The summed E-state index contributed by atoms with van der Waals surface area (Å²) in [5.41, 5.74) is 1.20. The Morgan fingerprint density at radius 1 is 1.56 bits per heavy atom. The molecule has 0 fully saturated rings. The molecule has 1 heterocycles. The van der Waals surface area contributed by atoms with Gasteiger partial charge in [0.25, 0.3) is 0 Å². The van der Waals surface area contributed by atoms with E-state index < -0.39 is 0 Å². The minimum Gasteiger partial charge on any atom is -0.358 e. The van der Waals surface area contributed by atoms with Gasteiger partial charge < -0.3 is 5.32 Å². The maximum atomic E-state index is 6.01. The molecule has 0 saturated carbocycles. The fourth-order valence-corrected chi connectivity index (χ4v) is 3.42. The zero-order valence-electron chi connectivity index (χ0n) is 10.8. The standard InChI is InChI=1S/C14H19ClN2S/c1-3-5-13-9-16-14(18-13)17-10(2)11-6-4-7-12(15)8-11/h4,6-8,10,13H,3,5,9H2,1-2H3,(H,16,17). The van der Waals surface area contributed by atoms with Gasteiger partial charge >= 0.3 is 0 Å². The number of rotatable bonds is 4. The van der Waals surface area contributed by atoms with E-state index >= 15 is 0 Å². The summed E-state index contributed by atoms with van der Waals surface area (Å²) >= 11 is 7.88. The van der Waals surface area contributed by atoms with Crippen molar-refractivity contribution in [1.82, 2.24) is 5.32 Å². The second kappa shape index (κ2) is 6.48. The van der Waals surface area contributed by atoms with Crippen molar-refractivity contribution in [3.63, 3.8) is 0 Å². The Kier molecular flexibility index (Phi) is 4.95. The van der Waals surface area contributed by atoms with Gasteiger partial charge in [0.2, 0.25) is 0 Å². The minimum absolute atomic E-state index is 0.246. The van der Waals surface area contributed by atoms with Crippen molar-refractivity contribution >= 4 is 28.5 Å². The summed E-state index contributed by atoms with van der Waals surface area (Å²) in [6.07, 6.45) is 2.47. The maximum absolute atomic E-state index is 6.01. The second-order valence-electron chi connectivity index (χ2n) is 4.60. The van der Waals surface area contributed by atoms with Crippen molar-refractivity contribution < 1.29 is 0 Å². The third-order valence-electron chi connectivity index (χ3n) is 3.02. The van der Waals surface area contributed by atoms with Crippen LogP contribution in [0.1, 0.15) is 38.3 Å². The number of amidine groups is 1. The molecule has 0 saturated heterocycles. The van der Waals surface area contributed by atoms with Crippen LogP contribution in [0.3, 0.4) is 0 Å². The van der Waals surface area contributed by atoms with Crippen molar-refractivity contribution in [3.8, 4) is 0 Å². The lowest BCUT2D eigenvalue weighted by molar-refractivity contribution is 0.720. The molecular formula is C14H19ClN2S. The first-order valence-corrected chi connectivity index (χ1v) is 7.68. The minimum atomic E-state index is 0.246. The second-order valence-corrected chi connectivity index (χ2v) is 6.32. The molecule has 0 radical (unpaired) electrons. The van der Waals surface area contributed by atoms with Crippen molar-refractivity contribution in [3.05, 3.63) is 34.9 Å². The molecule has 1 aliphatic rings. The van der Waals surface area contributed by atoms with Gasteiger partial charge in [-0.05, 0) is 31.0 Å². The van der Waals surface area contributed by atoms with Crippen LogP contribution in [0, 0.1) is 0 Å². The van der Waals surface area contributed by atoms with Gasteiger partial charge in [-0.25, -0.2) is 0 Å². The monoisotopic (exact) mass is 282 g/mol. The molecule has 1 N–H and O–H groups in total. The van der Waals surface area contributed by atoms with Crippen LogP contribution in [0.5, 0.6) is 0 Å². The van der Waals surface area contributed by atoms with Crippen molar-refractivity contribution in [1.29, 1.82) is 0 Å². The Morgan fingerprint density at radius 2 is 2.39 bits per heavy atom. The molecule has 0 aliphatic carbocycles. The highest BCUT2D eigenvalue weighted by molar-refractivity contribution is 8.14. The third-order valence-corrected chi connectivity index (χ3v) is 4.44. The fraction of sp³-hybridized carbons (Fsp3) is 0.500. The van der Waals surface area contributed by atoms with Crippen LogP contribution in [0.25, 0.3) is 0 Å². The van der Waals surface area contributed by atoms with Crippen LogP contribution >= 0.6 is 23.4 Å². The summed E-state index contributed by atoms with van der Waals surface area (Å²) in [5, 5.41) is 5.98. The zero-order valence-corrected chi connectivity index (χ0v) is 12.4. The molecule has 2 unspecified atom stereocenters. The Morgan fingerprint density at radius 3 is 3.11 bits per heavy atom. The molecule has 98 valence electrons. The smallest absolute Gasteiger partial charge is 0.157 e. The van der Waals surface area contributed by atoms with E-state index in [1.54, 1.807) is 0 Å². The van der Waals surface area contributed by atoms with Crippen LogP contribution < -0.4 is 5.32 Å². The van der Waals surface area contributed by atoms with E-state index in [0.29, 0.717) is 5.25 Å². The number of hydrogen-bond donors (Lipinski definition) is 1. The van der Waals surface area contributed by atoms with Crippen LogP contribution in [-0.4, -0.2) is 17.0 Å². The molecule has 2 rings (SSSR count). The molecule has 0 aromatic heterocycles. The molecule has 2 atom stereocenters. The molecule has 1 aromatic carbocycles. The average molecular weight is 283 g/mol. The van der Waals surface area contributed by atoms with Gasteiger partial charge in [-0.15, -0.1) is 0 Å². The number of aliphatic imine (C=N–C) groups is 1. The van der Waals surface area contributed by atoms with Gasteiger partial charge in [-0.3, -0.25) is 4.99 Å². The van der Waals surface area contributed by atoms with E-state index in [4.69, 9.17) is 11.6 Å². The Balaban J connectivity index is 1.91. The van der Waals surface area contributed by atoms with E-state index in [-0.39, 0.29) is 6.04 Å². The summed E-state index contributed by atoms with van der Waals surface area (Å²) in [6, 6.07) is 8.22. The zero-order chi connectivity index (χ0) is 13.0. The van der Waals surface area contributed by atoms with Gasteiger partial charge in [0.15, 0.2) is 5.17 Å². The van der Waals surface area contributed by atoms with Gasteiger partial charge in [-0.1, -0.05) is 48.8 Å². The normalized spacial score (nSPS) is 20.6. The number of thioether (sulfide) groups is 1. The summed E-state index contributed by atoms with van der Waals surface area (Å²) in [6.45, 7) is 5.31. The molecule has 4 heteroatoms. The van der Waals surface area contributed by atoms with Gasteiger partial charge in [0, 0.05) is 10.3 Å². The van der Waals surface area contributed by atoms with E-state index in [1.165, 1.54) is 18.4 Å². The summed E-state index contributed by atoms with van der Waals surface area (Å²) in [5.74, 6) is 0. The number of nitrogens with one attached hydrogen (secondary N) is 1. The first kappa shape index (κ1) is 13.8. The van der Waals surface area contributed by atoms with Crippen LogP contribution in [-0.2, 0) is 0 Å². The highest BCUT2D eigenvalue weighted by Gasteiger charge is 2.20. The molecule has 1 aliphatic heterocycles. The number of benzene rings is 1. The number of halogens is 1. The van der Waals surface area contributed by atoms with Crippen LogP contribution in [0.15, 0.2) is 29.3 Å². The van der Waals surface area contributed by atoms with Crippen molar-refractivity contribution in [2.45, 2.75) is 38.0 Å². The number of hydrogen-bond acceptors (Lipinski definition) is 3. The third kappa shape index (κ3) is 3.66. The molecule has 0 spiro atoms. The molecule has 0 amide bonds. The Hall–Kier alpha value is -0.670. The quantitative estimate of drug-likeness (QED) is 0.892. The molecule has 2 nitrogen and oxygen atoms in total. The van der Waals surface area contributed by atoms with Gasteiger partial charge in [0.05, 0.1) is 12.6 Å². The lowest BCUT2D eigenvalue weighted by Crippen LogP contribution is -2.23. The first-order valence-electron chi connectivity index (χ1n) is 6.42. The van der Waals surface area contributed by atoms with Gasteiger partial charge in [0.1, 0.15) is 0 Å². The summed E-state index contributed by atoms with van der Waals surface area (Å²) < 4.78 is 0. The predicted octanol–water partition coefficient (Wildman–Crippen LogP) is 4.26. The van der Waals surface area contributed by atoms with Gasteiger partial charge in [-0.2, -0.15) is 0 Å². The molecular weight excluding hydrogens is 264 g/mol.